The maximum absolute atomic E-state index is 6.52. The number of fused-ring (bicyclic) bond motifs is 3. The van der Waals surface area contributed by atoms with Crippen LogP contribution < -0.4 is 5.32 Å². The lowest BCUT2D eigenvalue weighted by Crippen LogP contribution is -2.29. The molecule has 0 saturated heterocycles. The van der Waals surface area contributed by atoms with Gasteiger partial charge in [-0.2, -0.15) is 0 Å². The molecule has 3 unspecified atom stereocenters. The third kappa shape index (κ3) is 2.21. The number of halogens is 2. The summed E-state index contributed by atoms with van der Waals surface area (Å²) in [4.78, 5) is 0. The minimum Gasteiger partial charge on any atom is -0.377 e. The molecule has 0 bridgehead atoms. The summed E-state index contributed by atoms with van der Waals surface area (Å²) in [5.74, 6) is 0.949. The van der Waals surface area contributed by atoms with Gasteiger partial charge in [-0.25, -0.2) is 0 Å². The van der Waals surface area contributed by atoms with Crippen LogP contribution in [0.15, 0.2) is 53.0 Å². The first kappa shape index (κ1) is 14.3. The predicted octanol–water partition coefficient (Wildman–Crippen LogP) is 6.24. The van der Waals surface area contributed by atoms with Crippen LogP contribution in [-0.2, 0) is 0 Å². The van der Waals surface area contributed by atoms with E-state index in [0.29, 0.717) is 17.9 Å². The van der Waals surface area contributed by atoms with Crippen molar-refractivity contribution >= 4 is 33.2 Å². The molecular formula is C19H17BrClN. The topological polar surface area (TPSA) is 12.0 Å². The second-order valence-electron chi connectivity index (χ2n) is 6.18. The monoisotopic (exact) mass is 373 g/mol. The van der Waals surface area contributed by atoms with Crippen LogP contribution in [0.5, 0.6) is 0 Å². The molecule has 0 spiro atoms. The van der Waals surface area contributed by atoms with Gasteiger partial charge in [-0.3, -0.25) is 0 Å². The van der Waals surface area contributed by atoms with Crippen LogP contribution in [-0.4, -0.2) is 0 Å². The van der Waals surface area contributed by atoms with E-state index in [0.717, 1.165) is 15.9 Å². The highest BCUT2D eigenvalue weighted by molar-refractivity contribution is 9.10. The molecule has 0 aromatic heterocycles. The number of nitrogens with one attached hydrogen (secondary N) is 1. The van der Waals surface area contributed by atoms with Crippen molar-refractivity contribution < 1.29 is 0 Å². The third-order valence-electron chi connectivity index (χ3n) is 4.90. The van der Waals surface area contributed by atoms with E-state index in [9.17, 15) is 0 Å². The van der Waals surface area contributed by atoms with Gasteiger partial charge in [0.25, 0.3) is 0 Å². The second-order valence-corrected chi connectivity index (χ2v) is 7.50. The fourth-order valence-electron chi connectivity index (χ4n) is 3.81. The largest absolute Gasteiger partial charge is 0.377 e. The van der Waals surface area contributed by atoms with Crippen LogP contribution in [0.3, 0.4) is 0 Å². The van der Waals surface area contributed by atoms with E-state index in [1.807, 2.05) is 6.07 Å². The summed E-state index contributed by atoms with van der Waals surface area (Å²) < 4.78 is 1.12. The summed E-state index contributed by atoms with van der Waals surface area (Å²) in [6, 6.07) is 13.1. The average Bonchev–Trinajstić information content (AvgIpc) is 3.00. The molecule has 112 valence electrons. The molecule has 0 amide bonds. The SMILES string of the molecule is Cc1ccc(Cl)c2c1NC(c1ccc(Br)cc1)C1CC=CC21. The van der Waals surface area contributed by atoms with Crippen LogP contribution in [0.25, 0.3) is 0 Å². The average molecular weight is 375 g/mol. The Kier molecular flexibility index (Phi) is 3.54. The first-order valence-corrected chi connectivity index (χ1v) is 8.80. The van der Waals surface area contributed by atoms with Gasteiger partial charge in [-0.1, -0.05) is 57.9 Å². The highest BCUT2D eigenvalue weighted by Crippen LogP contribution is 2.52. The van der Waals surface area contributed by atoms with E-state index in [-0.39, 0.29) is 0 Å². The van der Waals surface area contributed by atoms with Crippen molar-refractivity contribution in [1.82, 2.24) is 0 Å². The molecule has 0 fully saturated rings. The molecule has 1 aliphatic carbocycles. The normalized spacial score (nSPS) is 25.5. The quantitative estimate of drug-likeness (QED) is 0.583. The molecule has 1 heterocycles. The third-order valence-corrected chi connectivity index (χ3v) is 5.76. The molecule has 0 radical (unpaired) electrons. The van der Waals surface area contributed by atoms with E-state index < -0.39 is 0 Å². The van der Waals surface area contributed by atoms with E-state index in [2.05, 4.69) is 70.7 Å². The van der Waals surface area contributed by atoms with Crippen LogP contribution >= 0.6 is 27.5 Å². The molecular weight excluding hydrogens is 358 g/mol. The molecule has 2 aliphatic rings. The highest BCUT2D eigenvalue weighted by Gasteiger charge is 2.39. The molecule has 0 saturated carbocycles. The minimum atomic E-state index is 0.331. The summed E-state index contributed by atoms with van der Waals surface area (Å²) in [6.45, 7) is 2.15. The van der Waals surface area contributed by atoms with Gasteiger partial charge in [0, 0.05) is 26.7 Å². The molecule has 1 N–H and O–H groups in total. The maximum atomic E-state index is 6.52. The van der Waals surface area contributed by atoms with Crippen LogP contribution in [0.2, 0.25) is 5.02 Å². The Morgan fingerprint density at radius 2 is 1.91 bits per heavy atom. The Hall–Kier alpha value is -1.25. The Bertz CT molecular complexity index is 751. The van der Waals surface area contributed by atoms with E-state index >= 15 is 0 Å². The molecule has 2 aromatic carbocycles. The van der Waals surface area contributed by atoms with E-state index in [1.165, 1.54) is 22.4 Å². The zero-order valence-corrected chi connectivity index (χ0v) is 14.7. The van der Waals surface area contributed by atoms with Gasteiger partial charge in [0.1, 0.15) is 0 Å². The van der Waals surface area contributed by atoms with Crippen molar-refractivity contribution in [3.05, 3.63) is 74.7 Å². The number of hydrogen-bond acceptors (Lipinski definition) is 1. The molecule has 4 rings (SSSR count). The van der Waals surface area contributed by atoms with E-state index in [1.54, 1.807) is 0 Å². The van der Waals surface area contributed by atoms with Gasteiger partial charge >= 0.3 is 0 Å². The number of benzene rings is 2. The van der Waals surface area contributed by atoms with Gasteiger partial charge in [-0.15, -0.1) is 0 Å². The van der Waals surface area contributed by atoms with Crippen molar-refractivity contribution in [1.29, 1.82) is 0 Å². The molecule has 1 aliphatic heterocycles. The lowest BCUT2D eigenvalue weighted by Gasteiger charge is -2.38. The zero-order chi connectivity index (χ0) is 15.3. The Morgan fingerprint density at radius 1 is 1.14 bits per heavy atom. The highest BCUT2D eigenvalue weighted by atomic mass is 79.9. The number of hydrogen-bond donors (Lipinski definition) is 1. The van der Waals surface area contributed by atoms with Gasteiger partial charge in [0.15, 0.2) is 0 Å². The van der Waals surface area contributed by atoms with Crippen molar-refractivity contribution in [3.63, 3.8) is 0 Å². The van der Waals surface area contributed by atoms with Gasteiger partial charge in [0.2, 0.25) is 0 Å². The first-order valence-electron chi connectivity index (χ1n) is 7.63. The lowest BCUT2D eigenvalue weighted by molar-refractivity contribution is 0.425. The fraction of sp³-hybridized carbons (Fsp3) is 0.263. The van der Waals surface area contributed by atoms with Crippen LogP contribution in [0, 0.1) is 12.8 Å². The fourth-order valence-corrected chi connectivity index (χ4v) is 4.36. The summed E-state index contributed by atoms with van der Waals surface area (Å²) >= 11 is 10.0. The van der Waals surface area contributed by atoms with Crippen LogP contribution in [0.4, 0.5) is 5.69 Å². The van der Waals surface area contributed by atoms with E-state index in [4.69, 9.17) is 11.6 Å². The van der Waals surface area contributed by atoms with Crippen molar-refractivity contribution in [2.24, 2.45) is 5.92 Å². The summed E-state index contributed by atoms with van der Waals surface area (Å²) in [7, 11) is 0. The maximum Gasteiger partial charge on any atom is 0.0554 e. The Balaban J connectivity index is 1.84. The minimum absolute atomic E-state index is 0.331. The molecule has 3 atom stereocenters. The summed E-state index contributed by atoms with van der Waals surface area (Å²) in [5, 5.41) is 4.65. The Labute approximate surface area is 144 Å². The smallest absolute Gasteiger partial charge is 0.0554 e. The van der Waals surface area contributed by atoms with Crippen LogP contribution in [0.1, 0.15) is 35.1 Å². The molecule has 1 nitrogen and oxygen atoms in total. The number of aryl methyl sites for hydroxylation is 1. The summed E-state index contributed by atoms with van der Waals surface area (Å²) in [5.41, 5.74) is 5.09. The van der Waals surface area contributed by atoms with Crippen molar-refractivity contribution in [3.8, 4) is 0 Å². The van der Waals surface area contributed by atoms with Crippen molar-refractivity contribution in [2.75, 3.05) is 5.32 Å². The summed E-state index contributed by atoms with van der Waals surface area (Å²) in [6.07, 6.45) is 5.74. The first-order chi connectivity index (χ1) is 10.6. The second kappa shape index (κ2) is 5.43. The Morgan fingerprint density at radius 3 is 2.68 bits per heavy atom. The standard InChI is InChI=1S/C19H17BrClN/c1-11-5-10-16(21)17-14-3-2-4-15(14)19(22-18(11)17)12-6-8-13(20)9-7-12/h2-3,5-10,14-15,19,22H,4H2,1H3. The zero-order valence-electron chi connectivity index (χ0n) is 12.3. The van der Waals surface area contributed by atoms with Gasteiger partial charge in [-0.05, 0) is 48.6 Å². The van der Waals surface area contributed by atoms with Gasteiger partial charge < -0.3 is 5.32 Å². The number of anilines is 1. The lowest BCUT2D eigenvalue weighted by atomic mass is 9.76. The molecule has 22 heavy (non-hydrogen) atoms. The predicted molar refractivity (Wildman–Crippen MR) is 96.7 cm³/mol. The van der Waals surface area contributed by atoms with Gasteiger partial charge in [0.05, 0.1) is 6.04 Å². The number of allylic oxidation sites excluding steroid dienone is 2. The molecule has 3 heteroatoms. The van der Waals surface area contributed by atoms with Crippen molar-refractivity contribution in [2.45, 2.75) is 25.3 Å². The number of rotatable bonds is 1. The molecule has 2 aromatic rings.